The molecule has 0 radical (unpaired) electrons. The number of aryl methyl sites for hydroxylation is 3. The maximum atomic E-state index is 12.6. The van der Waals surface area contributed by atoms with Crippen LogP contribution in [0.5, 0.6) is 0 Å². The first-order valence-corrected chi connectivity index (χ1v) is 12.1. The van der Waals surface area contributed by atoms with Gasteiger partial charge in [0.25, 0.3) is 5.91 Å². The van der Waals surface area contributed by atoms with Crippen molar-refractivity contribution in [1.29, 1.82) is 0 Å². The van der Waals surface area contributed by atoms with Crippen LogP contribution in [-0.4, -0.2) is 32.3 Å². The van der Waals surface area contributed by atoms with Crippen molar-refractivity contribution in [2.75, 3.05) is 11.1 Å². The van der Waals surface area contributed by atoms with Gasteiger partial charge in [0.2, 0.25) is 5.91 Å². The summed E-state index contributed by atoms with van der Waals surface area (Å²) in [5.41, 5.74) is 4.69. The SMILES string of the molecule is CCc1cccc(C)c1NC(=O)CSc1nnc(C(C)NC(=O)c2cccc(C)c2)n1CC. The summed E-state index contributed by atoms with van der Waals surface area (Å²) in [5, 5.41) is 15.3. The molecule has 8 heteroatoms. The number of para-hydroxylation sites is 1. The Labute approximate surface area is 199 Å². The lowest BCUT2D eigenvalue weighted by Crippen LogP contribution is -2.28. The molecule has 7 nitrogen and oxygen atoms in total. The van der Waals surface area contributed by atoms with Crippen LogP contribution in [0.25, 0.3) is 0 Å². The van der Waals surface area contributed by atoms with Crippen LogP contribution in [0.4, 0.5) is 5.69 Å². The maximum absolute atomic E-state index is 12.6. The third kappa shape index (κ3) is 6.01. The number of carbonyl (C=O) groups excluding carboxylic acids is 2. The number of rotatable bonds is 9. The van der Waals surface area contributed by atoms with Crippen molar-refractivity contribution >= 4 is 29.3 Å². The van der Waals surface area contributed by atoms with Gasteiger partial charge in [-0.05, 0) is 57.4 Å². The number of nitrogens with one attached hydrogen (secondary N) is 2. The summed E-state index contributed by atoms with van der Waals surface area (Å²) in [4.78, 5) is 25.3. The number of carbonyl (C=O) groups is 2. The second-order valence-electron chi connectivity index (χ2n) is 7.95. The number of anilines is 1. The van der Waals surface area contributed by atoms with Crippen molar-refractivity contribution in [2.45, 2.75) is 58.8 Å². The highest BCUT2D eigenvalue weighted by atomic mass is 32.2. The molecule has 0 fully saturated rings. The smallest absolute Gasteiger partial charge is 0.251 e. The summed E-state index contributed by atoms with van der Waals surface area (Å²) >= 11 is 1.34. The minimum Gasteiger partial charge on any atom is -0.342 e. The van der Waals surface area contributed by atoms with E-state index < -0.39 is 0 Å². The van der Waals surface area contributed by atoms with Gasteiger partial charge >= 0.3 is 0 Å². The topological polar surface area (TPSA) is 88.9 Å². The van der Waals surface area contributed by atoms with Gasteiger partial charge in [-0.2, -0.15) is 0 Å². The van der Waals surface area contributed by atoms with Gasteiger partial charge in [0.1, 0.15) is 0 Å². The van der Waals surface area contributed by atoms with E-state index in [2.05, 4.69) is 27.8 Å². The van der Waals surface area contributed by atoms with Crippen LogP contribution in [0.2, 0.25) is 0 Å². The quantitative estimate of drug-likeness (QED) is 0.447. The van der Waals surface area contributed by atoms with E-state index in [0.29, 0.717) is 23.1 Å². The van der Waals surface area contributed by atoms with Crippen molar-refractivity contribution in [3.8, 4) is 0 Å². The van der Waals surface area contributed by atoms with E-state index in [9.17, 15) is 9.59 Å². The van der Waals surface area contributed by atoms with E-state index in [1.165, 1.54) is 11.8 Å². The second kappa shape index (κ2) is 11.1. The molecular weight excluding hydrogens is 434 g/mol. The van der Waals surface area contributed by atoms with Crippen LogP contribution in [-0.2, 0) is 17.8 Å². The number of amides is 2. The van der Waals surface area contributed by atoms with Crippen LogP contribution in [0.15, 0.2) is 47.6 Å². The fourth-order valence-corrected chi connectivity index (χ4v) is 4.47. The van der Waals surface area contributed by atoms with Gasteiger partial charge in [-0.3, -0.25) is 9.59 Å². The highest BCUT2D eigenvalue weighted by Crippen LogP contribution is 2.24. The summed E-state index contributed by atoms with van der Waals surface area (Å²) < 4.78 is 1.93. The highest BCUT2D eigenvalue weighted by Gasteiger charge is 2.20. The van der Waals surface area contributed by atoms with Gasteiger partial charge in [0, 0.05) is 17.8 Å². The number of nitrogens with zero attached hydrogens (tertiary/aromatic N) is 3. The van der Waals surface area contributed by atoms with Crippen molar-refractivity contribution in [2.24, 2.45) is 0 Å². The molecule has 0 aliphatic carbocycles. The monoisotopic (exact) mass is 465 g/mol. The Morgan fingerprint density at radius 2 is 1.85 bits per heavy atom. The lowest BCUT2D eigenvalue weighted by atomic mass is 10.1. The summed E-state index contributed by atoms with van der Waals surface area (Å²) in [7, 11) is 0. The number of thioether (sulfide) groups is 1. The zero-order valence-electron chi connectivity index (χ0n) is 19.8. The molecule has 1 atom stereocenters. The van der Waals surface area contributed by atoms with Crippen molar-refractivity contribution in [3.05, 3.63) is 70.5 Å². The third-order valence-corrected chi connectivity index (χ3v) is 6.38. The van der Waals surface area contributed by atoms with E-state index in [1.807, 2.05) is 68.7 Å². The Bertz CT molecular complexity index is 1140. The summed E-state index contributed by atoms with van der Waals surface area (Å²) in [6, 6.07) is 13.2. The number of benzene rings is 2. The lowest BCUT2D eigenvalue weighted by Gasteiger charge is -2.15. The zero-order valence-corrected chi connectivity index (χ0v) is 20.6. The highest BCUT2D eigenvalue weighted by molar-refractivity contribution is 7.99. The van der Waals surface area contributed by atoms with Gasteiger partial charge in [-0.25, -0.2) is 0 Å². The average Bonchev–Trinajstić information content (AvgIpc) is 3.22. The number of hydrogen-bond acceptors (Lipinski definition) is 5. The summed E-state index contributed by atoms with van der Waals surface area (Å²) in [6.45, 7) is 10.5. The predicted octanol–water partition coefficient (Wildman–Crippen LogP) is 4.70. The summed E-state index contributed by atoms with van der Waals surface area (Å²) in [5.74, 6) is 0.639. The van der Waals surface area contributed by atoms with Crippen LogP contribution >= 0.6 is 11.8 Å². The first kappa shape index (κ1) is 24.5. The Kier molecular flexibility index (Phi) is 8.27. The normalized spacial score (nSPS) is 11.8. The van der Waals surface area contributed by atoms with E-state index >= 15 is 0 Å². The van der Waals surface area contributed by atoms with Crippen LogP contribution in [0.3, 0.4) is 0 Å². The van der Waals surface area contributed by atoms with Crippen molar-refractivity contribution in [3.63, 3.8) is 0 Å². The number of aromatic nitrogens is 3. The second-order valence-corrected chi connectivity index (χ2v) is 8.89. The molecule has 1 heterocycles. The van der Waals surface area contributed by atoms with Crippen molar-refractivity contribution < 1.29 is 9.59 Å². The molecule has 1 unspecified atom stereocenters. The third-order valence-electron chi connectivity index (χ3n) is 5.41. The molecule has 174 valence electrons. The largest absolute Gasteiger partial charge is 0.342 e. The molecule has 3 rings (SSSR count). The van der Waals surface area contributed by atoms with Gasteiger partial charge in [0.05, 0.1) is 11.8 Å². The fraction of sp³-hybridized carbons (Fsp3) is 0.360. The first-order valence-electron chi connectivity index (χ1n) is 11.2. The molecule has 0 bridgehead atoms. The van der Waals surface area contributed by atoms with Gasteiger partial charge in [-0.1, -0.05) is 54.6 Å². The van der Waals surface area contributed by atoms with E-state index in [0.717, 1.165) is 28.8 Å². The Hall–Kier alpha value is -3.13. The maximum Gasteiger partial charge on any atom is 0.251 e. The molecule has 3 aromatic rings. The molecule has 2 N–H and O–H groups in total. The molecule has 0 saturated carbocycles. The zero-order chi connectivity index (χ0) is 24.0. The minimum absolute atomic E-state index is 0.0861. The van der Waals surface area contributed by atoms with Gasteiger partial charge in [-0.15, -0.1) is 10.2 Å². The number of hydrogen-bond donors (Lipinski definition) is 2. The molecule has 0 aliphatic rings. The van der Waals surface area contributed by atoms with Crippen molar-refractivity contribution in [1.82, 2.24) is 20.1 Å². The molecule has 2 amide bonds. The van der Waals surface area contributed by atoms with E-state index in [4.69, 9.17) is 0 Å². The van der Waals surface area contributed by atoms with Crippen LogP contribution in [0.1, 0.15) is 59.7 Å². The van der Waals surface area contributed by atoms with Gasteiger partial charge < -0.3 is 15.2 Å². The summed E-state index contributed by atoms with van der Waals surface area (Å²) in [6.07, 6.45) is 0.851. The van der Waals surface area contributed by atoms with Crippen LogP contribution < -0.4 is 10.6 Å². The molecule has 0 spiro atoms. The van der Waals surface area contributed by atoms with E-state index in [1.54, 1.807) is 6.07 Å². The molecular formula is C25H31N5O2S. The van der Waals surface area contributed by atoms with Crippen LogP contribution in [0, 0.1) is 13.8 Å². The molecule has 0 aliphatic heterocycles. The molecule has 0 saturated heterocycles. The molecule has 2 aromatic carbocycles. The Morgan fingerprint density at radius 3 is 2.55 bits per heavy atom. The van der Waals surface area contributed by atoms with E-state index in [-0.39, 0.29) is 23.6 Å². The molecule has 33 heavy (non-hydrogen) atoms. The first-order chi connectivity index (χ1) is 15.8. The fourth-order valence-electron chi connectivity index (χ4n) is 3.66. The Balaban J connectivity index is 1.65. The Morgan fingerprint density at radius 1 is 1.09 bits per heavy atom. The predicted molar refractivity (Wildman–Crippen MR) is 133 cm³/mol. The minimum atomic E-state index is -0.326. The standard InChI is InChI=1S/C25H31N5O2S/c1-6-19-12-9-11-17(4)22(19)27-21(31)15-33-25-29-28-23(30(25)7-2)18(5)26-24(32)20-13-8-10-16(3)14-20/h8-14,18H,6-7,15H2,1-5H3,(H,26,32)(H,27,31). The average molecular weight is 466 g/mol. The lowest BCUT2D eigenvalue weighted by molar-refractivity contribution is -0.113. The molecule has 1 aromatic heterocycles. The van der Waals surface area contributed by atoms with Gasteiger partial charge in [0.15, 0.2) is 11.0 Å².